The van der Waals surface area contributed by atoms with Crippen molar-refractivity contribution >= 4 is 35.0 Å². The number of para-hydroxylation sites is 2. The number of anilines is 2. The van der Waals surface area contributed by atoms with Crippen LogP contribution in [-0.2, 0) is 9.59 Å². The van der Waals surface area contributed by atoms with Crippen LogP contribution in [0.3, 0.4) is 0 Å². The highest BCUT2D eigenvalue weighted by Gasteiger charge is 2.28. The van der Waals surface area contributed by atoms with Crippen molar-refractivity contribution in [1.29, 1.82) is 0 Å². The van der Waals surface area contributed by atoms with E-state index in [4.69, 9.17) is 0 Å². The van der Waals surface area contributed by atoms with Crippen LogP contribution in [0.4, 0.5) is 11.4 Å². The molecular formula is C17H16N2O2S. The lowest BCUT2D eigenvalue weighted by atomic mass is 10.2. The highest BCUT2D eigenvalue weighted by molar-refractivity contribution is 8.01. The van der Waals surface area contributed by atoms with Gasteiger partial charge < -0.3 is 10.6 Å². The van der Waals surface area contributed by atoms with E-state index >= 15 is 0 Å². The van der Waals surface area contributed by atoms with Crippen LogP contribution >= 0.6 is 11.8 Å². The van der Waals surface area contributed by atoms with Gasteiger partial charge in [-0.3, -0.25) is 9.59 Å². The Balaban J connectivity index is 1.67. The fourth-order valence-electron chi connectivity index (χ4n) is 2.31. The molecule has 2 aromatic rings. The third-order valence-corrected chi connectivity index (χ3v) is 4.77. The fourth-order valence-corrected chi connectivity index (χ4v) is 3.42. The van der Waals surface area contributed by atoms with Crippen molar-refractivity contribution in [2.24, 2.45) is 0 Å². The Kier molecular flexibility index (Phi) is 4.15. The van der Waals surface area contributed by atoms with Gasteiger partial charge in [0.15, 0.2) is 0 Å². The number of carbonyl (C=O) groups is 2. The zero-order chi connectivity index (χ0) is 15.5. The Morgan fingerprint density at radius 2 is 1.91 bits per heavy atom. The van der Waals surface area contributed by atoms with Gasteiger partial charge in [0.2, 0.25) is 11.8 Å². The zero-order valence-electron chi connectivity index (χ0n) is 12.1. The predicted octanol–water partition coefficient (Wildman–Crippen LogP) is 3.44. The Morgan fingerprint density at radius 1 is 1.18 bits per heavy atom. The molecule has 2 amide bonds. The van der Waals surface area contributed by atoms with Gasteiger partial charge in [0, 0.05) is 17.0 Å². The highest BCUT2D eigenvalue weighted by atomic mass is 32.2. The zero-order valence-corrected chi connectivity index (χ0v) is 12.9. The van der Waals surface area contributed by atoms with Gasteiger partial charge in [0.1, 0.15) is 0 Å². The van der Waals surface area contributed by atoms with E-state index in [1.165, 1.54) is 11.8 Å². The molecule has 0 fully saturated rings. The first-order valence-corrected chi connectivity index (χ1v) is 7.93. The van der Waals surface area contributed by atoms with Crippen LogP contribution in [0.15, 0.2) is 53.4 Å². The van der Waals surface area contributed by atoms with Crippen molar-refractivity contribution in [3.8, 4) is 0 Å². The van der Waals surface area contributed by atoms with Crippen LogP contribution in [0.1, 0.15) is 12.0 Å². The molecule has 112 valence electrons. The van der Waals surface area contributed by atoms with Crippen LogP contribution in [0.2, 0.25) is 0 Å². The summed E-state index contributed by atoms with van der Waals surface area (Å²) in [6.07, 6.45) is 0.152. The van der Waals surface area contributed by atoms with Crippen LogP contribution in [0.5, 0.6) is 0 Å². The van der Waals surface area contributed by atoms with Gasteiger partial charge >= 0.3 is 0 Å². The smallest absolute Gasteiger partial charge is 0.238 e. The van der Waals surface area contributed by atoms with Gasteiger partial charge in [-0.15, -0.1) is 11.8 Å². The molecule has 0 aliphatic carbocycles. The molecule has 22 heavy (non-hydrogen) atoms. The number of amides is 2. The number of hydrogen-bond donors (Lipinski definition) is 2. The molecule has 5 heteroatoms. The summed E-state index contributed by atoms with van der Waals surface area (Å²) >= 11 is 1.44. The van der Waals surface area contributed by atoms with Crippen molar-refractivity contribution in [3.05, 3.63) is 54.1 Å². The Bertz CT molecular complexity index is 730. The summed E-state index contributed by atoms with van der Waals surface area (Å²) in [4.78, 5) is 25.3. The summed E-state index contributed by atoms with van der Waals surface area (Å²) in [5.41, 5.74) is 2.60. The third-order valence-electron chi connectivity index (χ3n) is 3.50. The van der Waals surface area contributed by atoms with Crippen molar-refractivity contribution in [3.63, 3.8) is 0 Å². The molecular weight excluding hydrogens is 296 g/mol. The summed E-state index contributed by atoms with van der Waals surface area (Å²) in [5, 5.41) is 5.32. The lowest BCUT2D eigenvalue weighted by molar-refractivity contribution is -0.120. The number of nitrogens with one attached hydrogen (secondary N) is 2. The number of fused-ring (bicyclic) bond motifs is 1. The molecule has 4 nitrogen and oxygen atoms in total. The van der Waals surface area contributed by atoms with Gasteiger partial charge in [-0.25, -0.2) is 0 Å². The molecule has 0 aromatic heterocycles. The van der Waals surface area contributed by atoms with Gasteiger partial charge in [-0.05, 0) is 30.7 Å². The second kappa shape index (κ2) is 6.23. The molecule has 0 saturated heterocycles. The molecule has 2 N–H and O–H groups in total. The normalized spacial score (nSPS) is 16.6. The highest BCUT2D eigenvalue weighted by Crippen LogP contribution is 2.36. The standard InChI is InChI=1S/C17H16N2O2S/c1-11-6-2-3-7-12(11)18-16(20)10-15-17(21)19-13-8-4-5-9-14(13)22-15/h2-9,15H,10H2,1H3,(H,18,20)(H,19,21). The van der Waals surface area contributed by atoms with E-state index in [1.807, 2.05) is 55.5 Å². The number of thioether (sulfide) groups is 1. The van der Waals surface area contributed by atoms with Crippen molar-refractivity contribution in [2.75, 3.05) is 10.6 Å². The lowest BCUT2D eigenvalue weighted by Gasteiger charge is -2.23. The predicted molar refractivity (Wildman–Crippen MR) is 89.1 cm³/mol. The van der Waals surface area contributed by atoms with E-state index in [1.54, 1.807) is 0 Å². The third kappa shape index (κ3) is 3.14. The number of aryl methyl sites for hydroxylation is 1. The van der Waals surface area contributed by atoms with E-state index in [9.17, 15) is 9.59 Å². The first-order chi connectivity index (χ1) is 10.6. The average Bonchev–Trinajstić information content (AvgIpc) is 2.50. The molecule has 2 aromatic carbocycles. The maximum absolute atomic E-state index is 12.2. The largest absolute Gasteiger partial charge is 0.326 e. The Hall–Kier alpha value is -2.27. The van der Waals surface area contributed by atoms with Crippen molar-refractivity contribution in [1.82, 2.24) is 0 Å². The number of benzene rings is 2. The van der Waals surface area contributed by atoms with E-state index in [2.05, 4.69) is 10.6 Å². The van der Waals surface area contributed by atoms with Crippen LogP contribution in [0, 0.1) is 6.92 Å². The molecule has 1 aliphatic heterocycles. The SMILES string of the molecule is Cc1ccccc1NC(=O)CC1Sc2ccccc2NC1=O. The number of hydrogen-bond acceptors (Lipinski definition) is 3. The molecule has 0 radical (unpaired) electrons. The fraction of sp³-hybridized carbons (Fsp3) is 0.176. The summed E-state index contributed by atoms with van der Waals surface area (Å²) in [6.45, 7) is 1.94. The average molecular weight is 312 g/mol. The first-order valence-electron chi connectivity index (χ1n) is 7.05. The molecule has 0 spiro atoms. The minimum absolute atomic E-state index is 0.122. The lowest BCUT2D eigenvalue weighted by Crippen LogP contribution is -2.32. The van der Waals surface area contributed by atoms with E-state index in [-0.39, 0.29) is 18.2 Å². The Morgan fingerprint density at radius 3 is 2.73 bits per heavy atom. The van der Waals surface area contributed by atoms with E-state index in [0.717, 1.165) is 21.8 Å². The maximum Gasteiger partial charge on any atom is 0.238 e. The second-order valence-electron chi connectivity index (χ2n) is 5.16. The maximum atomic E-state index is 12.2. The second-order valence-corrected chi connectivity index (χ2v) is 6.40. The van der Waals surface area contributed by atoms with Crippen LogP contribution in [0.25, 0.3) is 0 Å². The van der Waals surface area contributed by atoms with Gasteiger partial charge in [-0.2, -0.15) is 0 Å². The molecule has 0 bridgehead atoms. The molecule has 1 atom stereocenters. The molecule has 3 rings (SSSR count). The van der Waals surface area contributed by atoms with Gasteiger partial charge in [-0.1, -0.05) is 30.3 Å². The topological polar surface area (TPSA) is 58.2 Å². The van der Waals surface area contributed by atoms with E-state index in [0.29, 0.717) is 0 Å². The van der Waals surface area contributed by atoms with Crippen LogP contribution < -0.4 is 10.6 Å². The minimum atomic E-state index is -0.404. The van der Waals surface area contributed by atoms with Crippen LogP contribution in [-0.4, -0.2) is 17.1 Å². The summed E-state index contributed by atoms with van der Waals surface area (Å²) in [5.74, 6) is -0.273. The molecule has 1 heterocycles. The van der Waals surface area contributed by atoms with E-state index < -0.39 is 5.25 Å². The van der Waals surface area contributed by atoms with Gasteiger partial charge in [0.25, 0.3) is 0 Å². The molecule has 1 aliphatic rings. The molecule has 0 saturated carbocycles. The van der Waals surface area contributed by atoms with Gasteiger partial charge in [0.05, 0.1) is 10.9 Å². The molecule has 1 unspecified atom stereocenters. The first kappa shape index (κ1) is 14.7. The Labute approximate surface area is 133 Å². The number of rotatable bonds is 3. The quantitative estimate of drug-likeness (QED) is 0.913. The summed E-state index contributed by atoms with van der Waals surface area (Å²) in [6, 6.07) is 15.2. The monoisotopic (exact) mass is 312 g/mol. The van der Waals surface area contributed by atoms with Crippen molar-refractivity contribution in [2.45, 2.75) is 23.5 Å². The summed E-state index contributed by atoms with van der Waals surface area (Å²) in [7, 11) is 0. The minimum Gasteiger partial charge on any atom is -0.326 e. The summed E-state index contributed by atoms with van der Waals surface area (Å²) < 4.78 is 0. The van der Waals surface area contributed by atoms with Crippen molar-refractivity contribution < 1.29 is 9.59 Å². The number of carbonyl (C=O) groups excluding carboxylic acids is 2.